The van der Waals surface area contributed by atoms with E-state index in [1.54, 1.807) is 31.4 Å². The maximum Gasteiger partial charge on any atom is 0.274 e. The van der Waals surface area contributed by atoms with Crippen LogP contribution in [0.1, 0.15) is 45.7 Å². The molecule has 2 N–H and O–H groups in total. The largest absolute Gasteiger partial charge is 0.495 e. The van der Waals surface area contributed by atoms with Crippen molar-refractivity contribution in [2.75, 3.05) is 68.0 Å². The summed E-state index contributed by atoms with van der Waals surface area (Å²) in [4.78, 5) is 48.8. The van der Waals surface area contributed by atoms with Gasteiger partial charge in [0.15, 0.2) is 0 Å². The van der Waals surface area contributed by atoms with Gasteiger partial charge in [0.2, 0.25) is 5.91 Å². The van der Waals surface area contributed by atoms with Gasteiger partial charge in [-0.25, -0.2) is 4.98 Å². The molecule has 2 aliphatic heterocycles. The van der Waals surface area contributed by atoms with Gasteiger partial charge in [-0.05, 0) is 61.7 Å². The van der Waals surface area contributed by atoms with Crippen LogP contribution in [0, 0.1) is 6.92 Å². The lowest BCUT2D eigenvalue weighted by atomic mass is 10.1. The zero-order chi connectivity index (χ0) is 29.5. The van der Waals surface area contributed by atoms with Gasteiger partial charge in [0.05, 0.1) is 24.7 Å². The van der Waals surface area contributed by atoms with Crippen LogP contribution in [0.3, 0.4) is 0 Å². The smallest absolute Gasteiger partial charge is 0.274 e. The van der Waals surface area contributed by atoms with E-state index in [-0.39, 0.29) is 23.4 Å². The van der Waals surface area contributed by atoms with Gasteiger partial charge in [0.1, 0.15) is 11.4 Å². The number of pyridine rings is 1. The molecule has 3 amide bonds. The van der Waals surface area contributed by atoms with Gasteiger partial charge in [0.25, 0.3) is 11.8 Å². The summed E-state index contributed by atoms with van der Waals surface area (Å²) in [6, 6.07) is 17.1. The topological polar surface area (TPSA) is 107 Å². The third-order valence-corrected chi connectivity index (χ3v) is 7.85. The van der Waals surface area contributed by atoms with Crippen LogP contribution in [-0.4, -0.2) is 80.5 Å². The highest BCUT2D eigenvalue weighted by atomic mass is 16.5. The summed E-state index contributed by atoms with van der Waals surface area (Å²) < 4.78 is 5.16. The first-order valence-electron chi connectivity index (χ1n) is 14.5. The van der Waals surface area contributed by atoms with Crippen LogP contribution < -0.4 is 25.2 Å². The lowest BCUT2D eigenvalue weighted by molar-refractivity contribution is -0.127. The number of nitrogens with one attached hydrogen (secondary N) is 2. The molecule has 0 radical (unpaired) electrons. The molecule has 2 aliphatic rings. The quantitative estimate of drug-likeness (QED) is 0.358. The van der Waals surface area contributed by atoms with E-state index in [1.807, 2.05) is 17.0 Å². The van der Waals surface area contributed by atoms with Crippen molar-refractivity contribution in [3.8, 4) is 5.75 Å². The van der Waals surface area contributed by atoms with Crippen LogP contribution in [0.5, 0.6) is 5.75 Å². The number of para-hydroxylation sites is 1. The molecule has 0 bridgehead atoms. The minimum atomic E-state index is -0.370. The second-order valence-corrected chi connectivity index (χ2v) is 10.6. The number of aryl methyl sites for hydroxylation is 1. The Morgan fingerprint density at radius 1 is 0.929 bits per heavy atom. The number of hydrogen-bond donors (Lipinski definition) is 2. The number of carbonyl (C=O) groups excluding carboxylic acids is 3. The first-order chi connectivity index (χ1) is 20.4. The maximum absolute atomic E-state index is 13.2. The Labute approximate surface area is 246 Å². The van der Waals surface area contributed by atoms with E-state index in [0.29, 0.717) is 42.9 Å². The first kappa shape index (κ1) is 28.9. The van der Waals surface area contributed by atoms with Crippen LogP contribution in [-0.2, 0) is 4.79 Å². The van der Waals surface area contributed by atoms with Crippen molar-refractivity contribution in [1.29, 1.82) is 0 Å². The molecule has 2 saturated heterocycles. The lowest BCUT2D eigenvalue weighted by Crippen LogP contribution is -2.47. The summed E-state index contributed by atoms with van der Waals surface area (Å²) in [6.45, 7) is 7.21. The van der Waals surface area contributed by atoms with Crippen LogP contribution in [0.2, 0.25) is 0 Å². The molecule has 1 aromatic heterocycles. The zero-order valence-corrected chi connectivity index (χ0v) is 24.3. The van der Waals surface area contributed by atoms with Gasteiger partial charge in [-0.1, -0.05) is 18.2 Å². The number of likely N-dealkylation sites (tertiary alicyclic amines) is 1. The first-order valence-corrected chi connectivity index (χ1v) is 14.5. The molecule has 10 heteroatoms. The molecule has 0 aliphatic carbocycles. The van der Waals surface area contributed by atoms with Crippen molar-refractivity contribution in [3.05, 3.63) is 77.6 Å². The number of nitrogens with zero attached hydrogens (tertiary/aromatic N) is 4. The van der Waals surface area contributed by atoms with Gasteiger partial charge >= 0.3 is 0 Å². The van der Waals surface area contributed by atoms with Crippen molar-refractivity contribution in [2.45, 2.75) is 26.2 Å². The standard InChI is InChI=1S/C32H38N6O4/c1-23-7-3-4-8-28(23)36-17-19-37(20-18-36)29-13-10-24(31(40)33-14-6-16-38-15-5-9-30(38)39)21-27(29)35-32(41)26-12-11-25(42-2)22-34-26/h3-4,7-8,10-13,21-22H,5-6,9,14-20H2,1-2H3,(H,33,40)(H,35,41). The number of ether oxygens (including phenoxy) is 1. The molecule has 0 atom stereocenters. The summed E-state index contributed by atoms with van der Waals surface area (Å²) in [7, 11) is 1.55. The van der Waals surface area contributed by atoms with Gasteiger partial charge in [-0.2, -0.15) is 0 Å². The number of methoxy groups -OCH3 is 1. The maximum atomic E-state index is 13.2. The summed E-state index contributed by atoms with van der Waals surface area (Å²) in [5.74, 6) is 0.150. The fourth-order valence-corrected chi connectivity index (χ4v) is 5.50. The third kappa shape index (κ3) is 6.82. The highest BCUT2D eigenvalue weighted by molar-refractivity contribution is 6.06. The van der Waals surface area contributed by atoms with E-state index in [9.17, 15) is 14.4 Å². The molecular weight excluding hydrogens is 532 g/mol. The van der Waals surface area contributed by atoms with Crippen LogP contribution in [0.15, 0.2) is 60.8 Å². The predicted octanol–water partition coefficient (Wildman–Crippen LogP) is 3.72. The molecule has 10 nitrogen and oxygen atoms in total. The van der Waals surface area contributed by atoms with Crippen molar-refractivity contribution < 1.29 is 19.1 Å². The monoisotopic (exact) mass is 570 g/mol. The molecule has 0 unspecified atom stereocenters. The zero-order valence-electron chi connectivity index (χ0n) is 24.3. The fraction of sp³-hybridized carbons (Fsp3) is 0.375. The summed E-state index contributed by atoms with van der Waals surface area (Å²) in [5.41, 5.74) is 4.58. The van der Waals surface area contributed by atoms with Crippen molar-refractivity contribution in [2.24, 2.45) is 0 Å². The van der Waals surface area contributed by atoms with Crippen molar-refractivity contribution >= 4 is 34.8 Å². The number of piperazine rings is 1. The molecule has 3 heterocycles. The average Bonchev–Trinajstić information content (AvgIpc) is 3.43. The normalized spacial score (nSPS) is 15.1. The van der Waals surface area contributed by atoms with Crippen LogP contribution in [0.4, 0.5) is 17.1 Å². The highest BCUT2D eigenvalue weighted by Gasteiger charge is 2.23. The Hall–Kier alpha value is -4.60. The molecule has 0 saturated carbocycles. The number of amides is 3. The minimum Gasteiger partial charge on any atom is -0.495 e. The molecule has 2 fully saturated rings. The van der Waals surface area contributed by atoms with E-state index in [4.69, 9.17) is 4.74 Å². The number of benzene rings is 2. The van der Waals surface area contributed by atoms with Crippen molar-refractivity contribution in [1.82, 2.24) is 15.2 Å². The van der Waals surface area contributed by atoms with Gasteiger partial charge < -0.3 is 30.1 Å². The number of hydrogen-bond acceptors (Lipinski definition) is 7. The van der Waals surface area contributed by atoms with E-state index in [1.165, 1.54) is 17.4 Å². The average molecular weight is 571 g/mol. The van der Waals surface area contributed by atoms with Gasteiger partial charge in [0, 0.05) is 63.5 Å². The second-order valence-electron chi connectivity index (χ2n) is 10.6. The Kier molecular flexibility index (Phi) is 9.21. The summed E-state index contributed by atoms with van der Waals surface area (Å²) >= 11 is 0. The molecular formula is C32H38N6O4. The van der Waals surface area contributed by atoms with Crippen LogP contribution >= 0.6 is 0 Å². The third-order valence-electron chi connectivity index (χ3n) is 7.85. The number of carbonyl (C=O) groups is 3. The van der Waals surface area contributed by atoms with E-state index < -0.39 is 0 Å². The Morgan fingerprint density at radius 3 is 2.36 bits per heavy atom. The summed E-state index contributed by atoms with van der Waals surface area (Å²) in [6.07, 6.45) is 3.70. The molecule has 220 valence electrons. The number of rotatable bonds is 10. The molecule has 5 rings (SSSR count). The van der Waals surface area contributed by atoms with Gasteiger partial charge in [-0.3, -0.25) is 14.4 Å². The Balaban J connectivity index is 1.29. The molecule has 42 heavy (non-hydrogen) atoms. The lowest BCUT2D eigenvalue weighted by Gasteiger charge is -2.38. The SMILES string of the molecule is COc1ccc(C(=O)Nc2cc(C(=O)NCCCN3CCCC3=O)ccc2N2CCN(c3ccccc3C)CC2)nc1. The second kappa shape index (κ2) is 13.4. The van der Waals surface area contributed by atoms with E-state index >= 15 is 0 Å². The van der Waals surface area contributed by atoms with Crippen LogP contribution in [0.25, 0.3) is 0 Å². The highest BCUT2D eigenvalue weighted by Crippen LogP contribution is 2.30. The predicted molar refractivity (Wildman–Crippen MR) is 164 cm³/mol. The molecule has 2 aromatic carbocycles. The number of aromatic nitrogens is 1. The fourth-order valence-electron chi connectivity index (χ4n) is 5.50. The molecule has 0 spiro atoms. The minimum absolute atomic E-state index is 0.184. The molecule has 3 aromatic rings. The van der Waals surface area contributed by atoms with Gasteiger partial charge in [-0.15, -0.1) is 0 Å². The Morgan fingerprint density at radius 2 is 1.69 bits per heavy atom. The van der Waals surface area contributed by atoms with E-state index in [2.05, 4.69) is 50.5 Å². The number of anilines is 3. The van der Waals surface area contributed by atoms with E-state index in [0.717, 1.165) is 44.8 Å². The van der Waals surface area contributed by atoms with Crippen molar-refractivity contribution in [3.63, 3.8) is 0 Å². The Bertz CT molecular complexity index is 1420. The summed E-state index contributed by atoms with van der Waals surface area (Å²) in [5, 5.41) is 5.95.